The topological polar surface area (TPSA) is 214 Å². The molecular formula is C25H18N7NaO8S2. The fourth-order valence-electron chi connectivity index (χ4n) is 3.75. The van der Waals surface area contributed by atoms with Crippen LogP contribution in [0.15, 0.2) is 117 Å². The molecule has 0 radical (unpaired) electrons. The van der Waals surface area contributed by atoms with Crippen LogP contribution >= 0.6 is 0 Å². The van der Waals surface area contributed by atoms with Gasteiger partial charge in [0.05, 0.1) is 31.9 Å². The van der Waals surface area contributed by atoms with Crippen LogP contribution in [0.1, 0.15) is 1.43 Å². The van der Waals surface area contributed by atoms with Crippen molar-refractivity contribution in [3.8, 4) is 22.8 Å². The molecule has 18 heteroatoms. The third-order valence-electron chi connectivity index (χ3n) is 5.73. The molecule has 0 aliphatic carbocycles. The number of azo groups is 1. The number of hydrogen-bond acceptors (Lipinski definition) is 11. The van der Waals surface area contributed by atoms with Crippen LogP contribution in [-0.2, 0) is 20.2 Å². The van der Waals surface area contributed by atoms with Crippen molar-refractivity contribution in [2.24, 2.45) is 10.2 Å². The van der Waals surface area contributed by atoms with Gasteiger partial charge in [0, 0.05) is 16.9 Å². The number of nitrogens with zero attached hydrogens (tertiary/aromatic N) is 7. The summed E-state index contributed by atoms with van der Waals surface area (Å²) >= 11 is 0. The van der Waals surface area contributed by atoms with Crippen molar-refractivity contribution in [3.63, 3.8) is 0 Å². The van der Waals surface area contributed by atoms with Gasteiger partial charge < -0.3 is 5.98 Å². The number of benzene rings is 4. The minimum absolute atomic E-state index is 0. The monoisotopic (exact) mass is 631 g/mol. The van der Waals surface area contributed by atoms with Crippen LogP contribution in [0, 0.1) is 10.1 Å². The van der Waals surface area contributed by atoms with Gasteiger partial charge in [0.25, 0.3) is 15.8 Å². The Morgan fingerprint density at radius 1 is 0.860 bits per heavy atom. The second-order valence-electron chi connectivity index (χ2n) is 8.52. The van der Waals surface area contributed by atoms with E-state index in [2.05, 4.69) is 20.4 Å². The SMILES string of the molecule is O=[N+]([O-])c1ccc(-n2nc(-c3ccccc3)n[n+]2-c2ccc(N=Nc3ccc(S(=O)(=O)O)cc3)cc2S(=O)(=O)[O-])cc1.[H-].[Na+]. The van der Waals surface area contributed by atoms with E-state index in [1.54, 1.807) is 30.3 Å². The molecule has 15 nitrogen and oxygen atoms in total. The average molecular weight is 632 g/mol. The fourth-order valence-corrected chi connectivity index (χ4v) is 4.90. The molecule has 0 saturated carbocycles. The molecule has 1 N–H and O–H groups in total. The molecule has 0 unspecified atom stereocenters. The molecule has 0 bridgehead atoms. The van der Waals surface area contributed by atoms with E-state index in [-0.39, 0.29) is 70.1 Å². The molecule has 4 aromatic carbocycles. The van der Waals surface area contributed by atoms with E-state index in [9.17, 15) is 31.5 Å². The summed E-state index contributed by atoms with van der Waals surface area (Å²) in [5.41, 5.74) is 0.633. The Labute approximate surface area is 267 Å². The van der Waals surface area contributed by atoms with Gasteiger partial charge in [-0.1, -0.05) is 18.2 Å². The van der Waals surface area contributed by atoms with E-state index in [0.717, 1.165) is 23.0 Å². The smallest absolute Gasteiger partial charge is 1.00 e. The third-order valence-corrected chi connectivity index (χ3v) is 7.46. The maximum absolute atomic E-state index is 12.4. The summed E-state index contributed by atoms with van der Waals surface area (Å²) in [6.45, 7) is 0. The van der Waals surface area contributed by atoms with E-state index < -0.39 is 30.1 Å². The Morgan fingerprint density at radius 2 is 1.47 bits per heavy atom. The van der Waals surface area contributed by atoms with Crippen LogP contribution in [0.2, 0.25) is 0 Å². The largest absolute Gasteiger partial charge is 1.00 e. The summed E-state index contributed by atoms with van der Waals surface area (Å²) in [5, 5.41) is 27.8. The second-order valence-corrected chi connectivity index (χ2v) is 11.3. The van der Waals surface area contributed by atoms with Crippen molar-refractivity contribution in [2.75, 3.05) is 0 Å². The first-order valence-corrected chi connectivity index (χ1v) is 14.5. The Balaban J connectivity index is 0.00000264. The van der Waals surface area contributed by atoms with Gasteiger partial charge in [0.2, 0.25) is 0 Å². The number of nitro benzene ring substituents is 1. The standard InChI is InChI=1S/C25H17N7O8S2.Na.H/c33-32(34)21-11-9-20(10-12-21)30-28-25(17-4-2-1-3-5-17)29-31(30)23-15-8-19(16-24(23)42(38,39)40)27-26-18-6-13-22(14-7-18)41(35,36)37;;/h1-16H,(H-,35,36,37,38,39,40);;/q;+1;-1. The van der Waals surface area contributed by atoms with Gasteiger partial charge >= 0.3 is 35.4 Å². The fraction of sp³-hybridized carbons (Fsp3) is 0. The summed E-state index contributed by atoms with van der Waals surface area (Å²) in [4.78, 5) is 11.7. The van der Waals surface area contributed by atoms with E-state index >= 15 is 0 Å². The predicted molar refractivity (Wildman–Crippen MR) is 144 cm³/mol. The number of tetrazole rings is 1. The first kappa shape index (κ1) is 31.7. The van der Waals surface area contributed by atoms with Crippen molar-refractivity contribution in [1.82, 2.24) is 15.0 Å². The van der Waals surface area contributed by atoms with E-state index in [1.807, 2.05) is 0 Å². The molecule has 43 heavy (non-hydrogen) atoms. The molecule has 0 amide bonds. The number of non-ortho nitro benzene ring substituents is 1. The zero-order chi connectivity index (χ0) is 30.1. The quantitative estimate of drug-likeness (QED) is 0.0635. The van der Waals surface area contributed by atoms with E-state index in [1.165, 1.54) is 53.3 Å². The second kappa shape index (κ2) is 12.6. The Bertz CT molecular complexity index is 2060. The van der Waals surface area contributed by atoms with Crippen LogP contribution < -0.4 is 34.4 Å². The summed E-state index contributed by atoms with van der Waals surface area (Å²) in [6, 6.07) is 22.3. The molecule has 5 aromatic rings. The van der Waals surface area contributed by atoms with E-state index in [0.29, 0.717) is 5.56 Å². The maximum atomic E-state index is 12.4. The van der Waals surface area contributed by atoms with Crippen LogP contribution in [-0.4, -0.2) is 45.9 Å². The molecule has 214 valence electrons. The predicted octanol–water partition coefficient (Wildman–Crippen LogP) is 0.802. The van der Waals surface area contributed by atoms with Crippen LogP contribution in [0.3, 0.4) is 0 Å². The molecule has 5 rings (SSSR count). The average Bonchev–Trinajstić information content (AvgIpc) is 3.41. The first-order chi connectivity index (χ1) is 19.9. The van der Waals surface area contributed by atoms with Crippen molar-refractivity contribution >= 4 is 37.3 Å². The molecule has 0 spiro atoms. The van der Waals surface area contributed by atoms with Gasteiger partial charge in [-0.15, -0.1) is 0 Å². The number of nitro groups is 1. The normalized spacial score (nSPS) is 11.8. The Morgan fingerprint density at radius 3 is 2.05 bits per heavy atom. The molecule has 0 aliphatic heterocycles. The maximum Gasteiger partial charge on any atom is 1.00 e. The molecular weight excluding hydrogens is 613 g/mol. The molecule has 0 atom stereocenters. The number of hydrogen-bond donors (Lipinski definition) is 1. The third kappa shape index (κ3) is 7.23. The minimum Gasteiger partial charge on any atom is -1.00 e. The zero-order valence-electron chi connectivity index (χ0n) is 23.0. The minimum atomic E-state index is -5.12. The Kier molecular flexibility index (Phi) is 9.26. The first-order valence-electron chi connectivity index (χ1n) is 11.7. The van der Waals surface area contributed by atoms with Gasteiger partial charge in [0.1, 0.15) is 20.7 Å². The summed E-state index contributed by atoms with van der Waals surface area (Å²) < 4.78 is 68.7. The molecule has 1 heterocycles. The number of rotatable bonds is 8. The summed E-state index contributed by atoms with van der Waals surface area (Å²) in [6.07, 6.45) is 0. The van der Waals surface area contributed by atoms with Crippen molar-refractivity contribution in [2.45, 2.75) is 9.79 Å². The van der Waals surface area contributed by atoms with Crippen LogP contribution in [0.5, 0.6) is 0 Å². The van der Waals surface area contributed by atoms with Crippen molar-refractivity contribution < 1.29 is 66.6 Å². The van der Waals surface area contributed by atoms with Gasteiger partial charge in [0.15, 0.2) is 5.69 Å². The van der Waals surface area contributed by atoms with Gasteiger partial charge in [-0.2, -0.15) is 18.6 Å². The summed E-state index contributed by atoms with van der Waals surface area (Å²) in [7, 11) is -9.52. The van der Waals surface area contributed by atoms with Crippen molar-refractivity contribution in [1.29, 1.82) is 0 Å². The number of aromatic nitrogens is 4. The van der Waals surface area contributed by atoms with Crippen LogP contribution in [0.25, 0.3) is 22.8 Å². The zero-order valence-corrected chi connectivity index (χ0v) is 25.6. The molecule has 0 saturated heterocycles. The van der Waals surface area contributed by atoms with Gasteiger partial charge in [-0.25, -0.2) is 8.42 Å². The van der Waals surface area contributed by atoms with E-state index in [4.69, 9.17) is 4.55 Å². The molecule has 1 aromatic heterocycles. The van der Waals surface area contributed by atoms with Gasteiger partial charge in [-0.3, -0.25) is 14.7 Å². The Hall–Kier alpha value is -4.23. The summed E-state index contributed by atoms with van der Waals surface area (Å²) in [5.74, 6) is 0.167. The molecule has 0 aliphatic rings. The van der Waals surface area contributed by atoms with Gasteiger partial charge in [-0.05, 0) is 76.6 Å². The van der Waals surface area contributed by atoms with Crippen molar-refractivity contribution in [3.05, 3.63) is 107 Å². The molecule has 0 fully saturated rings. The van der Waals surface area contributed by atoms with Crippen LogP contribution in [0.4, 0.5) is 17.1 Å².